The van der Waals surface area contributed by atoms with Crippen molar-refractivity contribution in [3.05, 3.63) is 64.7 Å². The maximum Gasteiger partial charge on any atom is 0.225 e. The Hall–Kier alpha value is -1.91. The third-order valence-electron chi connectivity index (χ3n) is 4.89. The number of hydrogen-bond acceptors (Lipinski definition) is 4. The quantitative estimate of drug-likeness (QED) is 0.406. The molecule has 1 saturated heterocycles. The monoisotopic (exact) mass is 462 g/mol. The minimum atomic E-state index is -1.44. The van der Waals surface area contributed by atoms with E-state index in [1.165, 1.54) is 17.5 Å². The van der Waals surface area contributed by atoms with Crippen LogP contribution in [-0.4, -0.2) is 50.9 Å². The van der Waals surface area contributed by atoms with Crippen molar-refractivity contribution in [1.82, 2.24) is 14.0 Å². The molecule has 158 valence electrons. The largest absolute Gasteiger partial charge is 0.295 e. The first-order chi connectivity index (χ1) is 14.5. The average Bonchev–Trinajstić information content (AvgIpc) is 3.18. The van der Waals surface area contributed by atoms with Gasteiger partial charge in [0.05, 0.1) is 18.3 Å². The van der Waals surface area contributed by atoms with Gasteiger partial charge in [0.2, 0.25) is 5.96 Å². The van der Waals surface area contributed by atoms with Crippen LogP contribution in [0.2, 0.25) is 5.02 Å². The Morgan fingerprint density at radius 1 is 1.23 bits per heavy atom. The molecule has 0 amide bonds. The van der Waals surface area contributed by atoms with Gasteiger partial charge in [-0.1, -0.05) is 41.4 Å². The van der Waals surface area contributed by atoms with Gasteiger partial charge < -0.3 is 0 Å². The number of guanidine groups is 1. The predicted molar refractivity (Wildman–Crippen MR) is 125 cm³/mol. The van der Waals surface area contributed by atoms with E-state index >= 15 is 0 Å². The predicted octanol–water partition coefficient (Wildman–Crippen LogP) is 2.93. The van der Waals surface area contributed by atoms with E-state index < -0.39 is 11.2 Å². The van der Waals surface area contributed by atoms with Gasteiger partial charge in [-0.25, -0.2) is 23.7 Å². The number of nitrogens with one attached hydrogen (secondary N) is 1. The van der Waals surface area contributed by atoms with Crippen molar-refractivity contribution in [2.45, 2.75) is 24.3 Å². The molecule has 30 heavy (non-hydrogen) atoms. The zero-order valence-electron chi connectivity index (χ0n) is 16.5. The summed E-state index contributed by atoms with van der Waals surface area (Å²) in [4.78, 5) is 5.91. The van der Waals surface area contributed by atoms with E-state index in [9.17, 15) is 4.21 Å². The zero-order valence-corrected chi connectivity index (χ0v) is 18.9. The summed E-state index contributed by atoms with van der Waals surface area (Å²) in [6.07, 6.45) is 0.821. The van der Waals surface area contributed by atoms with E-state index in [1.54, 1.807) is 4.31 Å². The van der Waals surface area contributed by atoms with Crippen molar-refractivity contribution in [2.24, 2.45) is 15.2 Å². The summed E-state index contributed by atoms with van der Waals surface area (Å²) in [5.74, 6) is 0.692. The lowest BCUT2D eigenvalue weighted by Crippen LogP contribution is -2.53. The number of aliphatic imine (C=N–C) groups is 1. The molecule has 1 fully saturated rings. The summed E-state index contributed by atoms with van der Waals surface area (Å²) in [6.45, 7) is 3.95. The maximum atomic E-state index is 11.4. The third-order valence-corrected chi connectivity index (χ3v) is 6.74. The van der Waals surface area contributed by atoms with Crippen LogP contribution in [0.4, 0.5) is 0 Å². The minimum absolute atomic E-state index is 0.0356. The topological polar surface area (TPSA) is 86.3 Å². The van der Waals surface area contributed by atoms with E-state index in [-0.39, 0.29) is 6.04 Å². The van der Waals surface area contributed by atoms with Crippen LogP contribution in [0.25, 0.3) is 0 Å². The highest BCUT2D eigenvalue weighted by Gasteiger charge is 2.31. The SMILES string of the molecule is Cc1ccc(SNC(=NC2CN(S(N)=O)C2)N2CCC(c3ccc(Cl)cc3)=N2)cc1. The highest BCUT2D eigenvalue weighted by atomic mass is 35.5. The Morgan fingerprint density at radius 3 is 2.60 bits per heavy atom. The summed E-state index contributed by atoms with van der Waals surface area (Å²) in [5, 5.41) is 12.8. The molecule has 0 saturated carbocycles. The fraction of sp³-hybridized carbons (Fsp3) is 0.300. The molecular weight excluding hydrogens is 440 g/mol. The lowest BCUT2D eigenvalue weighted by atomic mass is 10.1. The Labute approximate surface area is 188 Å². The molecule has 0 aromatic heterocycles. The fourth-order valence-corrected chi connectivity index (χ4v) is 4.53. The van der Waals surface area contributed by atoms with Crippen LogP contribution in [-0.2, 0) is 11.2 Å². The van der Waals surface area contributed by atoms with Gasteiger partial charge in [0, 0.05) is 29.4 Å². The second-order valence-electron chi connectivity index (χ2n) is 7.17. The molecule has 7 nitrogen and oxygen atoms in total. The van der Waals surface area contributed by atoms with Crippen LogP contribution in [0.5, 0.6) is 0 Å². The number of rotatable bonds is 5. The standard InChI is InChI=1S/C20H23ClN6OS2/c1-14-2-8-18(9-3-14)29-25-20(23-17-12-26(13-17)30(22)28)27-11-10-19(24-27)15-4-6-16(21)7-5-15/h2-9,17H,10-13,22H2,1H3,(H,23,25). The van der Waals surface area contributed by atoms with Crippen LogP contribution in [0.1, 0.15) is 17.5 Å². The van der Waals surface area contributed by atoms with Gasteiger partial charge in [-0.05, 0) is 48.7 Å². The molecule has 0 spiro atoms. The Balaban J connectivity index is 1.50. The molecule has 2 heterocycles. The van der Waals surface area contributed by atoms with E-state index in [2.05, 4.69) is 35.9 Å². The van der Waals surface area contributed by atoms with Gasteiger partial charge in [0.15, 0.2) is 11.2 Å². The highest BCUT2D eigenvalue weighted by Crippen LogP contribution is 2.21. The van der Waals surface area contributed by atoms with Crippen molar-refractivity contribution in [3.8, 4) is 0 Å². The number of hydrogen-bond donors (Lipinski definition) is 2. The number of aryl methyl sites for hydroxylation is 1. The second-order valence-corrected chi connectivity index (χ2v) is 9.56. The zero-order chi connectivity index (χ0) is 21.1. The van der Waals surface area contributed by atoms with Gasteiger partial charge in [-0.15, -0.1) is 0 Å². The van der Waals surface area contributed by atoms with Gasteiger partial charge in [0.1, 0.15) is 0 Å². The molecule has 2 aliphatic rings. The van der Waals surface area contributed by atoms with Crippen molar-refractivity contribution < 1.29 is 4.21 Å². The van der Waals surface area contributed by atoms with Crippen LogP contribution in [0, 0.1) is 6.92 Å². The smallest absolute Gasteiger partial charge is 0.225 e. The summed E-state index contributed by atoms with van der Waals surface area (Å²) in [6, 6.07) is 16.0. The maximum absolute atomic E-state index is 11.4. The number of nitrogens with two attached hydrogens (primary N) is 1. The molecule has 0 radical (unpaired) electrons. The third kappa shape index (κ3) is 5.22. The summed E-state index contributed by atoms with van der Waals surface area (Å²) < 4.78 is 16.4. The van der Waals surface area contributed by atoms with Gasteiger partial charge in [0.25, 0.3) is 0 Å². The molecule has 2 aromatic carbocycles. The van der Waals surface area contributed by atoms with Crippen molar-refractivity contribution in [3.63, 3.8) is 0 Å². The summed E-state index contributed by atoms with van der Waals surface area (Å²) >= 11 is 6.06. The average molecular weight is 463 g/mol. The van der Waals surface area contributed by atoms with Crippen LogP contribution in [0.15, 0.2) is 63.5 Å². The van der Waals surface area contributed by atoms with E-state index in [0.29, 0.717) is 24.1 Å². The van der Waals surface area contributed by atoms with E-state index in [0.717, 1.165) is 29.1 Å². The molecule has 1 unspecified atom stereocenters. The molecule has 0 aliphatic carbocycles. The lowest BCUT2D eigenvalue weighted by Gasteiger charge is -2.34. The van der Waals surface area contributed by atoms with Gasteiger partial charge in [-0.2, -0.15) is 5.10 Å². The molecule has 2 aromatic rings. The summed E-state index contributed by atoms with van der Waals surface area (Å²) in [7, 11) is 0. The van der Waals surface area contributed by atoms with Crippen LogP contribution < -0.4 is 9.86 Å². The van der Waals surface area contributed by atoms with E-state index in [4.69, 9.17) is 26.8 Å². The Bertz CT molecular complexity index is 974. The van der Waals surface area contributed by atoms with Crippen LogP contribution >= 0.6 is 23.5 Å². The fourth-order valence-electron chi connectivity index (χ4n) is 3.13. The van der Waals surface area contributed by atoms with E-state index in [1.807, 2.05) is 29.3 Å². The van der Waals surface area contributed by atoms with Crippen molar-refractivity contribution >= 4 is 46.4 Å². The molecule has 3 N–H and O–H groups in total. The first-order valence-electron chi connectivity index (χ1n) is 9.57. The Morgan fingerprint density at radius 2 is 1.93 bits per heavy atom. The normalized spacial score (nSPS) is 18.8. The molecule has 10 heteroatoms. The molecule has 2 aliphatic heterocycles. The van der Waals surface area contributed by atoms with Crippen molar-refractivity contribution in [1.29, 1.82) is 0 Å². The lowest BCUT2D eigenvalue weighted by molar-refractivity contribution is 0.278. The van der Waals surface area contributed by atoms with Gasteiger partial charge in [-0.3, -0.25) is 4.72 Å². The molecular formula is C20H23ClN6OS2. The van der Waals surface area contributed by atoms with Crippen LogP contribution in [0.3, 0.4) is 0 Å². The number of nitrogens with zero attached hydrogens (tertiary/aromatic N) is 4. The highest BCUT2D eigenvalue weighted by molar-refractivity contribution is 7.98. The van der Waals surface area contributed by atoms with Crippen molar-refractivity contribution in [2.75, 3.05) is 19.6 Å². The molecule has 0 bridgehead atoms. The minimum Gasteiger partial charge on any atom is -0.295 e. The Kier molecular flexibility index (Phi) is 6.74. The molecule has 4 rings (SSSR count). The van der Waals surface area contributed by atoms with Gasteiger partial charge >= 0.3 is 0 Å². The first kappa shape index (κ1) is 21.3. The number of halogens is 1. The number of benzene rings is 2. The first-order valence-corrected chi connectivity index (χ1v) is 11.9. The summed E-state index contributed by atoms with van der Waals surface area (Å²) in [5.41, 5.74) is 3.27. The second kappa shape index (κ2) is 9.49. The number of hydrazone groups is 1. The molecule has 1 atom stereocenters.